The van der Waals surface area contributed by atoms with E-state index >= 15 is 0 Å². The van der Waals surface area contributed by atoms with Crippen molar-refractivity contribution in [3.63, 3.8) is 0 Å². The summed E-state index contributed by atoms with van der Waals surface area (Å²) in [6, 6.07) is 0. The molecule has 0 aromatic carbocycles. The summed E-state index contributed by atoms with van der Waals surface area (Å²) in [6.07, 6.45) is 9.79. The van der Waals surface area contributed by atoms with E-state index < -0.39 is 0 Å². The first-order valence-electron chi connectivity index (χ1n) is 3.79. The van der Waals surface area contributed by atoms with Gasteiger partial charge in [0.25, 0.3) is 0 Å². The van der Waals surface area contributed by atoms with Gasteiger partial charge in [0.1, 0.15) is 0 Å². The molecule has 1 aliphatic carbocycles. The molecule has 0 bridgehead atoms. The van der Waals surface area contributed by atoms with Gasteiger partial charge in [-0.2, -0.15) is 0 Å². The zero-order chi connectivity index (χ0) is 8.69. The normalized spacial score (nSPS) is 15.5. The molecule has 0 saturated carbocycles. The number of hydrogen-bond donors (Lipinski definition) is 0. The van der Waals surface area contributed by atoms with Crippen molar-refractivity contribution in [1.29, 1.82) is 0 Å². The van der Waals surface area contributed by atoms with Crippen LogP contribution in [0.3, 0.4) is 0 Å². The highest BCUT2D eigenvalue weighted by molar-refractivity contribution is 5.28. The Bertz CT molecular complexity index is 192. The summed E-state index contributed by atoms with van der Waals surface area (Å²) in [7, 11) is 0. The zero-order valence-electron chi connectivity index (χ0n) is 7.43. The Kier molecular flexibility index (Phi) is 5.18. The van der Waals surface area contributed by atoms with E-state index in [-0.39, 0.29) is 0 Å². The van der Waals surface area contributed by atoms with E-state index in [1.165, 1.54) is 11.1 Å². The fourth-order valence-corrected chi connectivity index (χ4v) is 0.828. The summed E-state index contributed by atoms with van der Waals surface area (Å²) < 4.78 is 0. The second-order valence-corrected chi connectivity index (χ2v) is 2.53. The summed E-state index contributed by atoms with van der Waals surface area (Å²) in [4.78, 5) is 0. The van der Waals surface area contributed by atoms with Crippen molar-refractivity contribution < 1.29 is 0 Å². The van der Waals surface area contributed by atoms with Gasteiger partial charge in [-0.3, -0.25) is 0 Å². The molecule has 0 nitrogen and oxygen atoms in total. The van der Waals surface area contributed by atoms with Crippen LogP contribution in [0.4, 0.5) is 0 Å². The van der Waals surface area contributed by atoms with Crippen molar-refractivity contribution in [3.05, 3.63) is 48.6 Å². The molecule has 0 saturated heterocycles. The average molecular weight is 148 g/mol. The van der Waals surface area contributed by atoms with Crippen LogP contribution >= 0.6 is 0 Å². The number of allylic oxidation sites excluding steroid dienone is 6. The molecular weight excluding hydrogens is 132 g/mol. The molecule has 0 spiro atoms. The van der Waals surface area contributed by atoms with Gasteiger partial charge in [-0.15, -0.1) is 13.2 Å². The van der Waals surface area contributed by atoms with Crippen molar-refractivity contribution in [2.75, 3.05) is 0 Å². The smallest absolute Gasteiger partial charge is 0.0135 e. The number of rotatable bonds is 0. The lowest BCUT2D eigenvalue weighted by Gasteiger charge is -1.86. The van der Waals surface area contributed by atoms with Crippen LogP contribution in [0.2, 0.25) is 0 Å². The minimum absolute atomic E-state index is 1.10. The van der Waals surface area contributed by atoms with E-state index in [0.29, 0.717) is 0 Å². The Morgan fingerprint density at radius 1 is 1.18 bits per heavy atom. The maximum atomic E-state index is 3.00. The van der Waals surface area contributed by atoms with E-state index in [0.717, 1.165) is 6.42 Å². The molecule has 0 amide bonds. The van der Waals surface area contributed by atoms with E-state index in [4.69, 9.17) is 0 Å². The third kappa shape index (κ3) is 4.38. The van der Waals surface area contributed by atoms with Gasteiger partial charge in [0.15, 0.2) is 0 Å². The second-order valence-electron chi connectivity index (χ2n) is 2.53. The van der Waals surface area contributed by atoms with Crippen molar-refractivity contribution in [1.82, 2.24) is 0 Å². The fraction of sp³-hybridized carbons (Fsp3) is 0.273. The van der Waals surface area contributed by atoms with Gasteiger partial charge < -0.3 is 0 Å². The highest BCUT2D eigenvalue weighted by Crippen LogP contribution is 2.08. The van der Waals surface area contributed by atoms with Gasteiger partial charge in [-0.1, -0.05) is 35.5 Å². The van der Waals surface area contributed by atoms with E-state index in [1.807, 2.05) is 0 Å². The molecular formula is C11H16. The highest BCUT2D eigenvalue weighted by Gasteiger charge is 1.88. The molecule has 0 atom stereocenters. The molecule has 0 heterocycles. The Hall–Kier alpha value is -1.04. The quantitative estimate of drug-likeness (QED) is 0.460. The van der Waals surface area contributed by atoms with Gasteiger partial charge in [0, 0.05) is 0 Å². The molecule has 1 aliphatic rings. The largest absolute Gasteiger partial charge is 0.106 e. The van der Waals surface area contributed by atoms with Crippen molar-refractivity contribution in [3.8, 4) is 0 Å². The third-order valence-corrected chi connectivity index (χ3v) is 1.45. The molecule has 0 aromatic rings. The molecule has 0 unspecified atom stereocenters. The molecule has 60 valence electrons. The van der Waals surface area contributed by atoms with Gasteiger partial charge in [-0.25, -0.2) is 0 Å². The molecule has 0 heteroatoms. The number of hydrogen-bond acceptors (Lipinski definition) is 0. The van der Waals surface area contributed by atoms with Crippen LogP contribution in [0.1, 0.15) is 20.3 Å². The Morgan fingerprint density at radius 2 is 1.82 bits per heavy atom. The Morgan fingerprint density at radius 3 is 2.45 bits per heavy atom. The van der Waals surface area contributed by atoms with Gasteiger partial charge in [-0.05, 0) is 20.3 Å². The molecule has 0 aliphatic heterocycles. The van der Waals surface area contributed by atoms with E-state index in [2.05, 4.69) is 51.3 Å². The second kappa shape index (κ2) is 5.72. The van der Waals surface area contributed by atoms with Crippen molar-refractivity contribution in [2.45, 2.75) is 20.3 Å². The van der Waals surface area contributed by atoms with Crippen LogP contribution in [-0.4, -0.2) is 0 Å². The first-order valence-corrected chi connectivity index (χ1v) is 3.79. The van der Waals surface area contributed by atoms with Crippen LogP contribution < -0.4 is 0 Å². The lowest BCUT2D eigenvalue weighted by molar-refractivity contribution is 1.22. The van der Waals surface area contributed by atoms with Crippen LogP contribution in [-0.2, 0) is 0 Å². The molecule has 1 rings (SSSR count). The Balaban J connectivity index is 0.000000461. The summed E-state index contributed by atoms with van der Waals surface area (Å²) >= 11 is 0. The molecule has 0 fully saturated rings. The van der Waals surface area contributed by atoms with Crippen molar-refractivity contribution >= 4 is 0 Å². The predicted octanol–water partition coefficient (Wildman–Crippen LogP) is 3.64. The monoisotopic (exact) mass is 148 g/mol. The molecule has 11 heavy (non-hydrogen) atoms. The average Bonchev–Trinajstić information content (AvgIpc) is 2.20. The molecule has 0 aromatic heterocycles. The standard InChI is InChI=1S/C9H12.C2H4/c1-8-4-3-5-9(2)7-6-8;1-2/h3-4,6-7H,5H2,1-2H3;1-2H2. The zero-order valence-corrected chi connectivity index (χ0v) is 7.43. The molecule has 0 radical (unpaired) electrons. The fourth-order valence-electron chi connectivity index (χ4n) is 0.828. The van der Waals surface area contributed by atoms with Crippen LogP contribution in [0.5, 0.6) is 0 Å². The maximum Gasteiger partial charge on any atom is -0.0135 e. The highest BCUT2D eigenvalue weighted by atomic mass is 13.9. The van der Waals surface area contributed by atoms with Crippen LogP contribution in [0, 0.1) is 0 Å². The summed E-state index contributed by atoms with van der Waals surface area (Å²) in [5.74, 6) is 0. The van der Waals surface area contributed by atoms with Crippen molar-refractivity contribution in [2.24, 2.45) is 0 Å². The predicted molar refractivity (Wildman–Crippen MR) is 52.5 cm³/mol. The first-order chi connectivity index (χ1) is 5.29. The first kappa shape index (κ1) is 9.96. The lowest BCUT2D eigenvalue weighted by Crippen LogP contribution is -1.66. The maximum absolute atomic E-state index is 3.00. The van der Waals surface area contributed by atoms with E-state index in [1.54, 1.807) is 0 Å². The molecule has 0 N–H and O–H groups in total. The van der Waals surface area contributed by atoms with Gasteiger partial charge in [0.2, 0.25) is 0 Å². The van der Waals surface area contributed by atoms with Gasteiger partial charge in [0.05, 0.1) is 0 Å². The third-order valence-electron chi connectivity index (χ3n) is 1.45. The van der Waals surface area contributed by atoms with Crippen LogP contribution in [0.15, 0.2) is 48.6 Å². The van der Waals surface area contributed by atoms with Gasteiger partial charge >= 0.3 is 0 Å². The minimum Gasteiger partial charge on any atom is -0.106 e. The summed E-state index contributed by atoms with van der Waals surface area (Å²) in [5, 5.41) is 0. The topological polar surface area (TPSA) is 0 Å². The van der Waals surface area contributed by atoms with Crippen LogP contribution in [0.25, 0.3) is 0 Å². The summed E-state index contributed by atoms with van der Waals surface area (Å²) in [6.45, 7) is 10.3. The SMILES string of the molecule is C=C.CC1=CC=C(C)CC=C1. The Labute approximate surface area is 69.6 Å². The van der Waals surface area contributed by atoms with E-state index in [9.17, 15) is 0 Å². The lowest BCUT2D eigenvalue weighted by atomic mass is 10.2. The minimum atomic E-state index is 1.10. The summed E-state index contributed by atoms with van der Waals surface area (Å²) in [5.41, 5.74) is 2.77.